The number of nitrogens with zero attached hydrogens (tertiary/aromatic N) is 3. The highest BCUT2D eigenvalue weighted by Gasteiger charge is 2.37. The molecule has 0 aliphatic carbocycles. The van der Waals surface area contributed by atoms with Crippen LogP contribution in [-0.4, -0.2) is 62.0 Å². The minimum atomic E-state index is -4.35. The van der Waals surface area contributed by atoms with Gasteiger partial charge in [0.2, 0.25) is 11.8 Å². The summed E-state index contributed by atoms with van der Waals surface area (Å²) in [6.07, 6.45) is -3.52. The normalized spacial score (nSPS) is 18.6. The first-order valence-corrected chi connectivity index (χ1v) is 11.6. The first-order valence-electron chi connectivity index (χ1n) is 11.6. The van der Waals surface area contributed by atoms with Crippen LogP contribution in [-0.2, 0) is 22.2 Å². The average molecular weight is 475 g/mol. The summed E-state index contributed by atoms with van der Waals surface area (Å²) >= 11 is 0. The van der Waals surface area contributed by atoms with Gasteiger partial charge in [-0.2, -0.15) is 13.2 Å². The molecule has 2 heterocycles. The van der Waals surface area contributed by atoms with Crippen molar-refractivity contribution in [2.24, 2.45) is 0 Å². The number of benzene rings is 2. The van der Waals surface area contributed by atoms with Gasteiger partial charge in [0.1, 0.15) is 6.04 Å². The number of amides is 2. The summed E-state index contributed by atoms with van der Waals surface area (Å²) in [6, 6.07) is 12.5. The van der Waals surface area contributed by atoms with E-state index in [0.29, 0.717) is 57.8 Å². The van der Waals surface area contributed by atoms with Crippen LogP contribution in [0.2, 0.25) is 0 Å². The molecule has 6 nitrogen and oxygen atoms in total. The molecule has 0 unspecified atom stereocenters. The van der Waals surface area contributed by atoms with Crippen molar-refractivity contribution in [3.8, 4) is 0 Å². The van der Waals surface area contributed by atoms with Gasteiger partial charge >= 0.3 is 6.18 Å². The molecule has 1 fully saturated rings. The summed E-state index contributed by atoms with van der Waals surface area (Å²) in [5.74, 6) is -0.239. The number of fused-ring (bicyclic) bond motifs is 1. The largest absolute Gasteiger partial charge is 0.416 e. The first-order chi connectivity index (χ1) is 16.3. The predicted octanol–water partition coefficient (Wildman–Crippen LogP) is 3.31. The number of hydrogen-bond donors (Lipinski definition) is 1. The van der Waals surface area contributed by atoms with Crippen LogP contribution in [0.3, 0.4) is 0 Å². The van der Waals surface area contributed by atoms with E-state index < -0.39 is 17.8 Å². The summed E-state index contributed by atoms with van der Waals surface area (Å²) in [6.45, 7) is 5.50. The lowest BCUT2D eigenvalue weighted by molar-refractivity contribution is -0.137. The summed E-state index contributed by atoms with van der Waals surface area (Å²) < 4.78 is 39.0. The van der Waals surface area contributed by atoms with Crippen LogP contribution in [0.5, 0.6) is 0 Å². The fraction of sp³-hybridized carbons (Fsp3) is 0.440. The minimum Gasteiger partial charge on any atom is -0.369 e. The molecule has 2 aliphatic rings. The fourth-order valence-electron chi connectivity index (χ4n) is 4.64. The van der Waals surface area contributed by atoms with Crippen molar-refractivity contribution in [3.05, 3.63) is 59.7 Å². The third-order valence-corrected chi connectivity index (χ3v) is 6.49. The van der Waals surface area contributed by atoms with Gasteiger partial charge in [-0.05, 0) is 29.8 Å². The molecule has 1 atom stereocenters. The monoisotopic (exact) mass is 474 g/mol. The van der Waals surface area contributed by atoms with Crippen molar-refractivity contribution in [2.75, 3.05) is 49.1 Å². The Balaban J connectivity index is 1.27. The maximum atomic E-state index is 13.0. The van der Waals surface area contributed by atoms with Gasteiger partial charge < -0.3 is 10.2 Å². The van der Waals surface area contributed by atoms with Crippen LogP contribution in [0.25, 0.3) is 0 Å². The molecule has 0 bridgehead atoms. The molecule has 1 saturated heterocycles. The maximum absolute atomic E-state index is 13.0. The molecule has 182 valence electrons. The molecule has 2 aromatic carbocycles. The molecule has 0 radical (unpaired) electrons. The standard InChI is InChI=1S/C25H29F3N4O2/c1-2-23(33)32-21-9-4-3-6-18(21)16-22(32)24(34)29-10-11-30-12-14-31(15-13-30)20-8-5-7-19(17-20)25(26,27)28/h3-9,17,22H,2,10-16H2,1H3,(H,29,34)/t22-/m0/s1. The topological polar surface area (TPSA) is 55.9 Å². The van der Waals surface area contributed by atoms with Crippen LogP contribution in [0.1, 0.15) is 24.5 Å². The summed E-state index contributed by atoms with van der Waals surface area (Å²) in [5, 5.41) is 2.97. The third kappa shape index (κ3) is 5.19. The summed E-state index contributed by atoms with van der Waals surface area (Å²) in [5.41, 5.74) is 1.74. The van der Waals surface area contributed by atoms with Crippen LogP contribution in [0, 0.1) is 0 Å². The van der Waals surface area contributed by atoms with E-state index in [0.717, 1.165) is 17.3 Å². The average Bonchev–Trinajstić information content (AvgIpc) is 3.23. The Hall–Kier alpha value is -3.07. The molecule has 2 aliphatic heterocycles. The number of alkyl halides is 3. The lowest BCUT2D eigenvalue weighted by atomic mass is 10.1. The van der Waals surface area contributed by atoms with Crippen molar-refractivity contribution in [3.63, 3.8) is 0 Å². The van der Waals surface area contributed by atoms with Gasteiger partial charge in [-0.15, -0.1) is 0 Å². The van der Waals surface area contributed by atoms with Gasteiger partial charge in [-0.25, -0.2) is 0 Å². The third-order valence-electron chi connectivity index (χ3n) is 6.49. The highest BCUT2D eigenvalue weighted by Crippen LogP contribution is 2.33. The highest BCUT2D eigenvalue weighted by molar-refractivity contribution is 6.03. The molecule has 0 spiro atoms. The highest BCUT2D eigenvalue weighted by atomic mass is 19.4. The Labute approximate surface area is 197 Å². The lowest BCUT2D eigenvalue weighted by Crippen LogP contribution is -2.51. The number of halogens is 3. The molecule has 4 rings (SSSR count). The second-order valence-corrected chi connectivity index (χ2v) is 8.63. The molecule has 9 heteroatoms. The quantitative estimate of drug-likeness (QED) is 0.698. The Kier molecular flexibility index (Phi) is 7.11. The van der Waals surface area contributed by atoms with Crippen LogP contribution in [0.15, 0.2) is 48.5 Å². The second-order valence-electron chi connectivity index (χ2n) is 8.63. The van der Waals surface area contributed by atoms with Gasteiger partial charge in [-0.3, -0.25) is 19.4 Å². The Morgan fingerprint density at radius 1 is 1.03 bits per heavy atom. The van der Waals surface area contributed by atoms with E-state index in [1.807, 2.05) is 29.2 Å². The fourth-order valence-corrected chi connectivity index (χ4v) is 4.64. The molecule has 34 heavy (non-hydrogen) atoms. The van der Waals surface area contributed by atoms with Crippen molar-refractivity contribution in [1.82, 2.24) is 10.2 Å². The van der Waals surface area contributed by atoms with Crippen molar-refractivity contribution in [2.45, 2.75) is 32.0 Å². The van der Waals surface area contributed by atoms with Crippen molar-refractivity contribution in [1.29, 1.82) is 0 Å². The molecule has 2 aromatic rings. The lowest BCUT2D eigenvalue weighted by Gasteiger charge is -2.36. The number of para-hydroxylation sites is 1. The first kappa shape index (κ1) is 24.1. The Morgan fingerprint density at radius 2 is 1.76 bits per heavy atom. The van der Waals surface area contributed by atoms with E-state index in [1.54, 1.807) is 17.9 Å². The zero-order chi connectivity index (χ0) is 24.3. The zero-order valence-corrected chi connectivity index (χ0v) is 19.1. The Morgan fingerprint density at radius 3 is 2.47 bits per heavy atom. The molecule has 0 aromatic heterocycles. The number of nitrogens with one attached hydrogen (secondary N) is 1. The van der Waals surface area contributed by atoms with Crippen LogP contribution >= 0.6 is 0 Å². The van der Waals surface area contributed by atoms with Gasteiger partial charge in [-0.1, -0.05) is 31.2 Å². The van der Waals surface area contributed by atoms with Crippen molar-refractivity contribution < 1.29 is 22.8 Å². The van der Waals surface area contributed by atoms with Gasteiger partial charge in [0.05, 0.1) is 5.56 Å². The van der Waals surface area contributed by atoms with Gasteiger partial charge in [0.15, 0.2) is 0 Å². The number of carbonyl (C=O) groups is 2. The second kappa shape index (κ2) is 10.0. The molecular formula is C25H29F3N4O2. The SMILES string of the molecule is CCC(=O)N1c2ccccc2C[C@H]1C(=O)NCCN1CCN(c2cccc(C(F)(F)F)c2)CC1. The van der Waals surface area contributed by atoms with Crippen molar-refractivity contribution >= 4 is 23.2 Å². The summed E-state index contributed by atoms with van der Waals surface area (Å²) in [7, 11) is 0. The number of carbonyl (C=O) groups excluding carboxylic acids is 2. The number of anilines is 2. The number of piperazine rings is 1. The predicted molar refractivity (Wildman–Crippen MR) is 125 cm³/mol. The van der Waals surface area contributed by atoms with Crippen LogP contribution < -0.4 is 15.1 Å². The minimum absolute atomic E-state index is 0.0733. The van der Waals surface area contributed by atoms with E-state index in [9.17, 15) is 22.8 Å². The molecular weight excluding hydrogens is 445 g/mol. The molecule has 1 N–H and O–H groups in total. The van der Waals surface area contributed by atoms with Gasteiger partial charge in [0.25, 0.3) is 0 Å². The number of rotatable bonds is 6. The molecule has 0 saturated carbocycles. The molecule has 2 amide bonds. The summed E-state index contributed by atoms with van der Waals surface area (Å²) in [4.78, 5) is 31.2. The van der Waals surface area contributed by atoms with E-state index in [-0.39, 0.29) is 11.8 Å². The zero-order valence-electron chi connectivity index (χ0n) is 19.1. The smallest absolute Gasteiger partial charge is 0.369 e. The van der Waals surface area contributed by atoms with Gasteiger partial charge in [0, 0.05) is 63.5 Å². The number of hydrogen-bond acceptors (Lipinski definition) is 4. The van der Waals surface area contributed by atoms with Crippen LogP contribution in [0.4, 0.5) is 24.5 Å². The maximum Gasteiger partial charge on any atom is 0.416 e. The van der Waals surface area contributed by atoms with E-state index in [4.69, 9.17) is 0 Å². The van der Waals surface area contributed by atoms with E-state index >= 15 is 0 Å². The van der Waals surface area contributed by atoms with E-state index in [1.165, 1.54) is 12.1 Å². The van der Waals surface area contributed by atoms with E-state index in [2.05, 4.69) is 10.2 Å². The Bertz CT molecular complexity index is 1030.